The third-order valence-corrected chi connectivity index (χ3v) is 7.23. The normalized spacial score (nSPS) is 14.7. The Morgan fingerprint density at radius 1 is 0.816 bits per heavy atom. The molecule has 1 atom stereocenters. The quantitative estimate of drug-likeness (QED) is 0.293. The lowest BCUT2D eigenvalue weighted by Crippen LogP contribution is -2.26. The number of carbonyl (C=O) groups excluding carboxylic acids is 3. The highest BCUT2D eigenvalue weighted by atomic mass is 32.2. The van der Waals surface area contributed by atoms with E-state index >= 15 is 0 Å². The third-order valence-electron chi connectivity index (χ3n) is 6.25. The minimum absolute atomic E-state index is 0.0710. The zero-order valence-electron chi connectivity index (χ0n) is 20.8. The molecule has 0 radical (unpaired) electrons. The van der Waals surface area contributed by atoms with Crippen molar-refractivity contribution in [3.05, 3.63) is 120 Å². The molecule has 0 aromatic heterocycles. The Morgan fingerprint density at radius 2 is 1.53 bits per heavy atom. The van der Waals surface area contributed by atoms with Crippen LogP contribution in [0.25, 0.3) is 11.1 Å². The lowest BCUT2D eigenvalue weighted by Gasteiger charge is -2.18. The Hall–Kier alpha value is -4.36. The van der Waals surface area contributed by atoms with E-state index in [9.17, 15) is 14.4 Å². The maximum atomic E-state index is 13.0. The Kier molecular flexibility index (Phi) is 7.56. The van der Waals surface area contributed by atoms with Gasteiger partial charge in [0.15, 0.2) is 0 Å². The van der Waals surface area contributed by atoms with E-state index in [0.29, 0.717) is 24.3 Å². The summed E-state index contributed by atoms with van der Waals surface area (Å²) in [6, 6.07) is 32.8. The molecule has 0 bridgehead atoms. The van der Waals surface area contributed by atoms with Crippen LogP contribution in [0.15, 0.2) is 103 Å². The van der Waals surface area contributed by atoms with Crippen LogP contribution in [0.1, 0.15) is 21.5 Å². The van der Waals surface area contributed by atoms with E-state index in [0.717, 1.165) is 39.8 Å². The van der Waals surface area contributed by atoms with E-state index in [1.165, 1.54) is 0 Å². The van der Waals surface area contributed by atoms with E-state index in [1.54, 1.807) is 36.2 Å². The van der Waals surface area contributed by atoms with Crippen LogP contribution < -0.4 is 10.1 Å². The maximum Gasteiger partial charge on any atom is 0.286 e. The van der Waals surface area contributed by atoms with Crippen molar-refractivity contribution in [1.82, 2.24) is 10.2 Å². The van der Waals surface area contributed by atoms with Crippen LogP contribution in [0.4, 0.5) is 4.79 Å². The van der Waals surface area contributed by atoms with Crippen LogP contribution in [0.5, 0.6) is 11.5 Å². The number of hydrogen-bond acceptors (Lipinski definition) is 5. The molecule has 4 aromatic rings. The number of para-hydroxylation sites is 1. The SMILES string of the molecule is CN(Cc1cccc(-c2ccc(CC3SC(=O)NC3=O)cc2)c1)C(=O)c1ccc(Oc2ccccc2)cc1. The fourth-order valence-electron chi connectivity index (χ4n) is 4.28. The lowest BCUT2D eigenvalue weighted by molar-refractivity contribution is -0.118. The molecule has 190 valence electrons. The maximum absolute atomic E-state index is 13.0. The van der Waals surface area contributed by atoms with E-state index in [-0.39, 0.29) is 22.3 Å². The van der Waals surface area contributed by atoms with E-state index in [1.807, 2.05) is 72.8 Å². The molecule has 0 spiro atoms. The molecule has 3 amide bonds. The highest BCUT2D eigenvalue weighted by Crippen LogP contribution is 2.26. The Balaban J connectivity index is 1.21. The molecule has 1 N–H and O–H groups in total. The molecule has 1 saturated heterocycles. The molecule has 1 fully saturated rings. The highest BCUT2D eigenvalue weighted by Gasteiger charge is 2.31. The van der Waals surface area contributed by atoms with E-state index < -0.39 is 0 Å². The van der Waals surface area contributed by atoms with Crippen LogP contribution >= 0.6 is 11.8 Å². The molecule has 1 aliphatic rings. The van der Waals surface area contributed by atoms with Gasteiger partial charge in [0.2, 0.25) is 5.91 Å². The van der Waals surface area contributed by atoms with Crippen molar-refractivity contribution >= 4 is 28.8 Å². The summed E-state index contributed by atoms with van der Waals surface area (Å²) in [5, 5.41) is 1.66. The van der Waals surface area contributed by atoms with Crippen molar-refractivity contribution in [2.75, 3.05) is 7.05 Å². The molecule has 0 aliphatic carbocycles. The molecular formula is C31H26N2O4S. The van der Waals surface area contributed by atoms with E-state index in [2.05, 4.69) is 11.4 Å². The van der Waals surface area contributed by atoms with Crippen molar-refractivity contribution < 1.29 is 19.1 Å². The van der Waals surface area contributed by atoms with Gasteiger partial charge in [-0.25, -0.2) is 0 Å². The Labute approximate surface area is 225 Å². The van der Waals surface area contributed by atoms with Crippen LogP contribution in [-0.2, 0) is 17.8 Å². The molecular weight excluding hydrogens is 496 g/mol. The second-order valence-corrected chi connectivity index (χ2v) is 10.3. The lowest BCUT2D eigenvalue weighted by atomic mass is 10.00. The molecule has 4 aromatic carbocycles. The van der Waals surface area contributed by atoms with Crippen molar-refractivity contribution in [2.45, 2.75) is 18.2 Å². The van der Waals surface area contributed by atoms with Crippen molar-refractivity contribution in [2.24, 2.45) is 0 Å². The minimum atomic E-state index is -0.377. The average Bonchev–Trinajstić information content (AvgIpc) is 3.25. The summed E-state index contributed by atoms with van der Waals surface area (Å²) >= 11 is 1.04. The van der Waals surface area contributed by atoms with Gasteiger partial charge >= 0.3 is 0 Å². The topological polar surface area (TPSA) is 75.7 Å². The second kappa shape index (κ2) is 11.4. The summed E-state index contributed by atoms with van der Waals surface area (Å²) in [5.74, 6) is 1.12. The molecule has 1 aliphatic heterocycles. The number of thioether (sulfide) groups is 1. The summed E-state index contributed by atoms with van der Waals surface area (Å²) in [6.07, 6.45) is 0.509. The monoisotopic (exact) mass is 522 g/mol. The first kappa shape index (κ1) is 25.3. The first-order valence-corrected chi connectivity index (χ1v) is 13.1. The smallest absolute Gasteiger partial charge is 0.286 e. The van der Waals surface area contributed by atoms with Gasteiger partial charge in [-0.3, -0.25) is 19.7 Å². The molecule has 1 heterocycles. The van der Waals surface area contributed by atoms with Crippen molar-refractivity contribution in [1.29, 1.82) is 0 Å². The fraction of sp³-hybridized carbons (Fsp3) is 0.129. The summed E-state index contributed by atoms with van der Waals surface area (Å²) < 4.78 is 5.82. The van der Waals surface area contributed by atoms with Gasteiger partial charge in [0, 0.05) is 19.2 Å². The predicted octanol–water partition coefficient (Wildman–Crippen LogP) is 6.31. The number of rotatable bonds is 8. The summed E-state index contributed by atoms with van der Waals surface area (Å²) in [5.41, 5.74) is 4.69. The van der Waals surface area contributed by atoms with Gasteiger partial charge in [-0.05, 0) is 71.1 Å². The number of hydrogen-bond donors (Lipinski definition) is 1. The molecule has 1 unspecified atom stereocenters. The largest absolute Gasteiger partial charge is 0.457 e. The number of ether oxygens (including phenoxy) is 1. The average molecular weight is 523 g/mol. The Morgan fingerprint density at radius 3 is 2.21 bits per heavy atom. The number of benzene rings is 4. The van der Waals surface area contributed by atoms with Gasteiger partial charge in [0.1, 0.15) is 11.5 Å². The van der Waals surface area contributed by atoms with Crippen LogP contribution in [0, 0.1) is 0 Å². The molecule has 38 heavy (non-hydrogen) atoms. The third kappa shape index (κ3) is 6.12. The van der Waals surface area contributed by atoms with Gasteiger partial charge in [-0.1, -0.05) is 72.4 Å². The first-order valence-electron chi connectivity index (χ1n) is 12.2. The molecule has 6 nitrogen and oxygen atoms in total. The van der Waals surface area contributed by atoms with E-state index in [4.69, 9.17) is 4.74 Å². The fourth-order valence-corrected chi connectivity index (χ4v) is 5.14. The number of carbonyl (C=O) groups is 3. The summed E-state index contributed by atoms with van der Waals surface area (Å²) in [6.45, 7) is 0.467. The van der Waals surface area contributed by atoms with Gasteiger partial charge in [0.05, 0.1) is 5.25 Å². The Bertz CT molecular complexity index is 1450. The predicted molar refractivity (Wildman–Crippen MR) is 149 cm³/mol. The summed E-state index contributed by atoms with van der Waals surface area (Å²) in [7, 11) is 1.79. The molecule has 7 heteroatoms. The number of imide groups is 1. The number of amides is 3. The number of nitrogens with one attached hydrogen (secondary N) is 1. The van der Waals surface area contributed by atoms with Crippen LogP contribution in [0.2, 0.25) is 0 Å². The zero-order valence-corrected chi connectivity index (χ0v) is 21.6. The zero-order chi connectivity index (χ0) is 26.5. The molecule has 5 rings (SSSR count). The van der Waals surface area contributed by atoms with Crippen molar-refractivity contribution in [3.8, 4) is 22.6 Å². The van der Waals surface area contributed by atoms with Gasteiger partial charge in [-0.2, -0.15) is 0 Å². The standard InChI is InChI=1S/C31H26N2O4S/c1-33(30(35)24-14-16-27(17-15-24)37-26-8-3-2-4-9-26)20-22-6-5-7-25(18-22)23-12-10-21(11-13-23)19-28-29(34)32-31(36)38-28/h2-18,28H,19-20H2,1H3,(H,32,34,36). The first-order chi connectivity index (χ1) is 18.4. The van der Waals surface area contributed by atoms with Gasteiger partial charge in [0.25, 0.3) is 11.1 Å². The van der Waals surface area contributed by atoms with Gasteiger partial charge < -0.3 is 9.64 Å². The second-order valence-electron chi connectivity index (χ2n) is 9.09. The minimum Gasteiger partial charge on any atom is -0.457 e. The van der Waals surface area contributed by atoms with Crippen LogP contribution in [0.3, 0.4) is 0 Å². The van der Waals surface area contributed by atoms with Crippen LogP contribution in [-0.4, -0.2) is 34.3 Å². The summed E-state index contributed by atoms with van der Waals surface area (Å²) in [4.78, 5) is 38.0. The van der Waals surface area contributed by atoms with Crippen molar-refractivity contribution in [3.63, 3.8) is 0 Å². The number of nitrogens with zero attached hydrogens (tertiary/aromatic N) is 1. The van der Waals surface area contributed by atoms with Gasteiger partial charge in [-0.15, -0.1) is 0 Å². The highest BCUT2D eigenvalue weighted by molar-refractivity contribution is 8.15. The molecule has 0 saturated carbocycles.